The van der Waals surface area contributed by atoms with Crippen LogP contribution in [0.25, 0.3) is 0 Å². The van der Waals surface area contributed by atoms with Gasteiger partial charge in [0, 0.05) is 6.07 Å². The molecule has 14 heavy (non-hydrogen) atoms. The van der Waals surface area contributed by atoms with Gasteiger partial charge in [-0.15, -0.1) is 0 Å². The number of hydrogen-bond acceptors (Lipinski definition) is 3. The maximum absolute atomic E-state index is 8.69. The molecule has 1 rings (SSSR count). The van der Waals surface area contributed by atoms with E-state index in [-0.39, 0.29) is 26.7 Å². The molecule has 0 saturated carbocycles. The van der Waals surface area contributed by atoms with Crippen molar-refractivity contribution in [1.29, 1.82) is 15.8 Å². The zero-order valence-electron chi connectivity index (χ0n) is 6.60. The fourth-order valence-electron chi connectivity index (χ4n) is 0.833. The first kappa shape index (κ1) is 10.4. The van der Waals surface area contributed by atoms with Gasteiger partial charge in [-0.25, -0.2) is 0 Å². The molecule has 0 aliphatic heterocycles. The van der Waals surface area contributed by atoms with Gasteiger partial charge in [-0.05, 0) is 0 Å². The molecule has 0 saturated heterocycles. The van der Waals surface area contributed by atoms with Gasteiger partial charge >= 0.3 is 0 Å². The Balaban J connectivity index is 3.71. The average molecular weight is 221 g/mol. The highest BCUT2D eigenvalue weighted by Crippen LogP contribution is 2.29. The summed E-state index contributed by atoms with van der Waals surface area (Å²) in [7, 11) is 0. The topological polar surface area (TPSA) is 71.4 Å². The third kappa shape index (κ3) is 1.50. The van der Waals surface area contributed by atoms with Crippen molar-refractivity contribution in [2.75, 3.05) is 0 Å². The van der Waals surface area contributed by atoms with Gasteiger partial charge in [-0.3, -0.25) is 0 Å². The van der Waals surface area contributed by atoms with Crippen molar-refractivity contribution >= 4 is 23.2 Å². The third-order valence-corrected chi connectivity index (χ3v) is 2.22. The molecular weight excluding hydrogens is 221 g/mol. The standard InChI is InChI=1S/C9Cl2N3/c10-8-5(2-12)1-6(3-13)9(11)7(8)4-14. The maximum Gasteiger partial charge on any atom is 0.102 e. The highest BCUT2D eigenvalue weighted by Gasteiger charge is 2.15. The Morgan fingerprint density at radius 2 is 1.29 bits per heavy atom. The predicted molar refractivity (Wildman–Crippen MR) is 49.4 cm³/mol. The molecule has 0 atom stereocenters. The van der Waals surface area contributed by atoms with Gasteiger partial charge in [0.05, 0.1) is 26.7 Å². The van der Waals surface area contributed by atoms with Crippen LogP contribution in [0, 0.1) is 40.1 Å². The molecule has 0 N–H and O–H groups in total. The lowest BCUT2D eigenvalue weighted by Crippen LogP contribution is -1.90. The Morgan fingerprint density at radius 3 is 1.57 bits per heavy atom. The first-order valence-electron chi connectivity index (χ1n) is 3.30. The largest absolute Gasteiger partial charge is 0.192 e. The molecule has 5 heteroatoms. The van der Waals surface area contributed by atoms with E-state index >= 15 is 0 Å². The smallest absolute Gasteiger partial charge is 0.102 e. The van der Waals surface area contributed by atoms with Crippen molar-refractivity contribution in [2.24, 2.45) is 0 Å². The third-order valence-electron chi connectivity index (χ3n) is 1.46. The summed E-state index contributed by atoms with van der Waals surface area (Å²) in [6.45, 7) is 0. The van der Waals surface area contributed by atoms with Crippen molar-refractivity contribution < 1.29 is 0 Å². The molecule has 0 aliphatic carbocycles. The normalized spacial score (nSPS) is 8.50. The van der Waals surface area contributed by atoms with E-state index in [0.29, 0.717) is 0 Å². The minimum atomic E-state index is -0.0704. The van der Waals surface area contributed by atoms with Crippen LogP contribution in [0.4, 0.5) is 0 Å². The van der Waals surface area contributed by atoms with Crippen molar-refractivity contribution in [3.05, 3.63) is 32.8 Å². The van der Waals surface area contributed by atoms with E-state index in [4.69, 9.17) is 39.0 Å². The lowest BCUT2D eigenvalue weighted by atomic mass is 10.1. The molecule has 65 valence electrons. The summed E-state index contributed by atoms with van der Waals surface area (Å²) in [4.78, 5) is 0. The first-order valence-corrected chi connectivity index (χ1v) is 4.05. The highest BCUT2D eigenvalue weighted by atomic mass is 35.5. The second-order valence-electron chi connectivity index (χ2n) is 2.21. The van der Waals surface area contributed by atoms with E-state index < -0.39 is 0 Å². The number of halogens is 2. The molecule has 0 aromatic heterocycles. The maximum atomic E-state index is 8.69. The van der Waals surface area contributed by atoms with Crippen molar-refractivity contribution in [3.63, 3.8) is 0 Å². The molecule has 1 aromatic rings. The zero-order chi connectivity index (χ0) is 10.7. The summed E-state index contributed by atoms with van der Waals surface area (Å²) >= 11 is 11.3. The Morgan fingerprint density at radius 1 is 0.857 bits per heavy atom. The Bertz CT molecular complexity index is 477. The SMILES string of the molecule is N#Cc1[c]c(C#N)c(Cl)c(C#N)c1Cl. The van der Waals surface area contributed by atoms with Gasteiger partial charge in [-0.1, -0.05) is 23.2 Å². The zero-order valence-corrected chi connectivity index (χ0v) is 8.11. The van der Waals surface area contributed by atoms with Crippen LogP contribution < -0.4 is 0 Å². The molecular formula is C9Cl2N3. The molecule has 1 aromatic carbocycles. The number of nitriles is 3. The average Bonchev–Trinajstić information content (AvgIpc) is 2.19. The van der Waals surface area contributed by atoms with Crippen LogP contribution in [0.3, 0.4) is 0 Å². The van der Waals surface area contributed by atoms with Gasteiger partial charge in [0.25, 0.3) is 0 Å². The van der Waals surface area contributed by atoms with E-state index in [1.165, 1.54) is 0 Å². The first-order chi connectivity index (χ1) is 6.65. The van der Waals surface area contributed by atoms with Crippen LogP contribution in [0.5, 0.6) is 0 Å². The number of rotatable bonds is 0. The van der Waals surface area contributed by atoms with Crippen LogP contribution in [0.1, 0.15) is 16.7 Å². The Hall–Kier alpha value is -1.73. The van der Waals surface area contributed by atoms with Crippen molar-refractivity contribution in [1.82, 2.24) is 0 Å². The molecule has 0 aliphatic rings. The summed E-state index contributed by atoms with van der Waals surface area (Å²) in [6.07, 6.45) is 0. The molecule has 3 nitrogen and oxygen atoms in total. The predicted octanol–water partition coefficient (Wildman–Crippen LogP) is 2.41. The molecule has 1 radical (unpaired) electrons. The number of nitrogens with zero attached hydrogens (tertiary/aromatic N) is 3. The van der Waals surface area contributed by atoms with Crippen LogP contribution in [0.15, 0.2) is 0 Å². The molecule has 0 fully saturated rings. The second-order valence-corrected chi connectivity index (χ2v) is 2.97. The number of hydrogen-bond donors (Lipinski definition) is 0. The van der Waals surface area contributed by atoms with Crippen LogP contribution in [-0.2, 0) is 0 Å². The van der Waals surface area contributed by atoms with Crippen LogP contribution >= 0.6 is 23.2 Å². The van der Waals surface area contributed by atoms with Crippen molar-refractivity contribution in [3.8, 4) is 18.2 Å². The van der Waals surface area contributed by atoms with Gasteiger partial charge in [0.15, 0.2) is 0 Å². The van der Waals surface area contributed by atoms with Crippen LogP contribution in [0.2, 0.25) is 10.0 Å². The quantitative estimate of drug-likeness (QED) is 0.675. The molecule has 0 heterocycles. The molecule has 0 unspecified atom stereocenters. The summed E-state index contributed by atoms with van der Waals surface area (Å²) in [5.74, 6) is 0. The highest BCUT2D eigenvalue weighted by molar-refractivity contribution is 6.37. The Labute approximate surface area is 90.3 Å². The monoisotopic (exact) mass is 220 g/mol. The van der Waals surface area contributed by atoms with Crippen LogP contribution in [-0.4, -0.2) is 0 Å². The Kier molecular flexibility index (Phi) is 2.95. The summed E-state index contributed by atoms with van der Waals surface area (Å²) in [5, 5.41) is 25.8. The lowest BCUT2D eigenvalue weighted by molar-refractivity contribution is 1.41. The van der Waals surface area contributed by atoms with E-state index in [1.807, 2.05) is 0 Å². The van der Waals surface area contributed by atoms with Gasteiger partial charge in [0.2, 0.25) is 0 Å². The fraction of sp³-hybridized carbons (Fsp3) is 0. The fourth-order valence-corrected chi connectivity index (χ4v) is 1.33. The molecule has 0 spiro atoms. The van der Waals surface area contributed by atoms with Gasteiger partial charge in [-0.2, -0.15) is 15.8 Å². The van der Waals surface area contributed by atoms with E-state index in [1.54, 1.807) is 18.2 Å². The number of benzene rings is 1. The summed E-state index contributed by atoms with van der Waals surface area (Å²) in [5.41, 5.74) is -0.173. The second kappa shape index (κ2) is 3.99. The summed E-state index contributed by atoms with van der Waals surface area (Å²) < 4.78 is 0. The van der Waals surface area contributed by atoms with Crippen molar-refractivity contribution in [2.45, 2.75) is 0 Å². The van der Waals surface area contributed by atoms with Gasteiger partial charge < -0.3 is 0 Å². The van der Waals surface area contributed by atoms with Gasteiger partial charge in [0.1, 0.15) is 18.2 Å². The molecule has 0 amide bonds. The lowest BCUT2D eigenvalue weighted by Gasteiger charge is -2.01. The van der Waals surface area contributed by atoms with E-state index in [0.717, 1.165) is 0 Å². The van der Waals surface area contributed by atoms with E-state index in [9.17, 15) is 0 Å². The minimum absolute atomic E-state index is 0.0517. The summed E-state index contributed by atoms with van der Waals surface area (Å²) in [6, 6.07) is 7.59. The molecule has 0 bridgehead atoms. The van der Waals surface area contributed by atoms with E-state index in [2.05, 4.69) is 6.07 Å². The minimum Gasteiger partial charge on any atom is -0.192 e.